The van der Waals surface area contributed by atoms with Crippen molar-refractivity contribution in [1.29, 1.82) is 0 Å². The van der Waals surface area contributed by atoms with Gasteiger partial charge in [0.05, 0.1) is 7.11 Å². The Morgan fingerprint density at radius 3 is 2.43 bits per heavy atom. The Balaban J connectivity index is 2.02. The molecule has 0 aliphatic carbocycles. The van der Waals surface area contributed by atoms with Crippen LogP contribution in [0, 0.1) is 0 Å². The molecule has 2 rings (SSSR count). The van der Waals surface area contributed by atoms with E-state index in [1.165, 1.54) is 5.56 Å². The Bertz CT molecular complexity index is 637. The first-order valence-corrected chi connectivity index (χ1v) is 7.86. The van der Waals surface area contributed by atoms with Crippen LogP contribution in [0.4, 0.5) is 5.69 Å². The second kappa shape index (κ2) is 8.22. The summed E-state index contributed by atoms with van der Waals surface area (Å²) >= 11 is 0. The first-order chi connectivity index (χ1) is 11.2. The van der Waals surface area contributed by atoms with Crippen molar-refractivity contribution in [1.82, 2.24) is 0 Å². The molecule has 0 heterocycles. The van der Waals surface area contributed by atoms with Crippen molar-refractivity contribution in [2.75, 3.05) is 12.4 Å². The van der Waals surface area contributed by atoms with Crippen LogP contribution in [0.15, 0.2) is 48.5 Å². The van der Waals surface area contributed by atoms with E-state index in [1.807, 2.05) is 49.4 Å². The van der Waals surface area contributed by atoms with Crippen molar-refractivity contribution in [3.63, 3.8) is 0 Å². The van der Waals surface area contributed by atoms with Gasteiger partial charge in [-0.2, -0.15) is 0 Å². The molecule has 23 heavy (non-hydrogen) atoms. The summed E-state index contributed by atoms with van der Waals surface area (Å²) in [7, 11) is 1.60. The van der Waals surface area contributed by atoms with Crippen LogP contribution >= 0.6 is 0 Å². The summed E-state index contributed by atoms with van der Waals surface area (Å²) in [6.07, 6.45) is 1.03. The summed E-state index contributed by atoms with van der Waals surface area (Å²) in [5.41, 5.74) is 1.93. The van der Waals surface area contributed by atoms with E-state index < -0.39 is 6.10 Å². The van der Waals surface area contributed by atoms with Crippen LogP contribution in [0.1, 0.15) is 25.8 Å². The third-order valence-electron chi connectivity index (χ3n) is 3.61. The lowest BCUT2D eigenvalue weighted by Crippen LogP contribution is -2.32. The molecular formula is C19H23NO3. The number of benzene rings is 2. The predicted molar refractivity (Wildman–Crippen MR) is 92.2 cm³/mol. The molecule has 4 nitrogen and oxygen atoms in total. The number of hydrogen-bond donors (Lipinski definition) is 1. The van der Waals surface area contributed by atoms with E-state index in [0.29, 0.717) is 23.6 Å². The Hall–Kier alpha value is -2.49. The largest absolute Gasteiger partial charge is 0.497 e. The first-order valence-electron chi connectivity index (χ1n) is 7.86. The summed E-state index contributed by atoms with van der Waals surface area (Å²) in [5.74, 6) is 1.24. The van der Waals surface area contributed by atoms with Gasteiger partial charge in [0.2, 0.25) is 0 Å². The van der Waals surface area contributed by atoms with E-state index in [9.17, 15) is 4.79 Å². The molecule has 0 radical (unpaired) electrons. The second-order valence-corrected chi connectivity index (χ2v) is 5.23. The zero-order valence-corrected chi connectivity index (χ0v) is 13.8. The molecule has 2 aromatic rings. The van der Waals surface area contributed by atoms with E-state index >= 15 is 0 Å². The van der Waals surface area contributed by atoms with Gasteiger partial charge in [-0.05, 0) is 42.7 Å². The van der Waals surface area contributed by atoms with E-state index in [-0.39, 0.29) is 5.91 Å². The van der Waals surface area contributed by atoms with Crippen LogP contribution in [-0.4, -0.2) is 19.1 Å². The van der Waals surface area contributed by atoms with Crippen molar-refractivity contribution in [3.05, 3.63) is 54.1 Å². The fraction of sp³-hybridized carbons (Fsp3) is 0.316. The van der Waals surface area contributed by atoms with Crippen LogP contribution in [-0.2, 0) is 11.2 Å². The Morgan fingerprint density at radius 2 is 1.83 bits per heavy atom. The maximum Gasteiger partial charge on any atom is 0.265 e. The van der Waals surface area contributed by atoms with Gasteiger partial charge in [0.15, 0.2) is 6.10 Å². The van der Waals surface area contributed by atoms with Gasteiger partial charge in [-0.25, -0.2) is 0 Å². The van der Waals surface area contributed by atoms with Crippen molar-refractivity contribution in [2.24, 2.45) is 0 Å². The SMILES string of the molecule is CCc1ccc(O[C@H](CC)C(=O)Nc2cccc(OC)c2)cc1. The monoisotopic (exact) mass is 313 g/mol. The number of rotatable bonds is 7. The maximum atomic E-state index is 12.4. The maximum absolute atomic E-state index is 12.4. The van der Waals surface area contributed by atoms with Gasteiger partial charge in [-0.1, -0.05) is 32.0 Å². The first kappa shape index (κ1) is 16.9. The fourth-order valence-electron chi connectivity index (χ4n) is 2.21. The Labute approximate surface area is 137 Å². The fourth-order valence-corrected chi connectivity index (χ4v) is 2.21. The summed E-state index contributed by atoms with van der Waals surface area (Å²) in [6.45, 7) is 4.03. The lowest BCUT2D eigenvalue weighted by molar-refractivity contribution is -0.122. The molecule has 122 valence electrons. The van der Waals surface area contributed by atoms with Crippen molar-refractivity contribution < 1.29 is 14.3 Å². The molecule has 0 saturated carbocycles. The zero-order valence-electron chi connectivity index (χ0n) is 13.8. The third kappa shape index (κ3) is 4.74. The minimum Gasteiger partial charge on any atom is -0.497 e. The lowest BCUT2D eigenvalue weighted by atomic mass is 10.1. The highest BCUT2D eigenvalue weighted by Crippen LogP contribution is 2.19. The topological polar surface area (TPSA) is 47.6 Å². The summed E-state index contributed by atoms with van der Waals surface area (Å²) in [4.78, 5) is 12.4. The average molecular weight is 313 g/mol. The quantitative estimate of drug-likeness (QED) is 0.838. The van der Waals surface area contributed by atoms with Gasteiger partial charge in [0, 0.05) is 11.8 Å². The van der Waals surface area contributed by atoms with E-state index in [4.69, 9.17) is 9.47 Å². The van der Waals surface area contributed by atoms with Crippen LogP contribution < -0.4 is 14.8 Å². The molecule has 0 bridgehead atoms. The molecule has 0 aromatic heterocycles. The summed E-state index contributed by atoms with van der Waals surface area (Å²) in [5, 5.41) is 2.87. The van der Waals surface area contributed by atoms with Crippen molar-refractivity contribution in [2.45, 2.75) is 32.8 Å². The number of carbonyl (C=O) groups is 1. The molecule has 0 unspecified atom stereocenters. The number of carbonyl (C=O) groups excluding carboxylic acids is 1. The van der Waals surface area contributed by atoms with Gasteiger partial charge in [0.25, 0.3) is 5.91 Å². The van der Waals surface area contributed by atoms with Crippen molar-refractivity contribution in [3.8, 4) is 11.5 Å². The van der Waals surface area contributed by atoms with Crippen LogP contribution in [0.5, 0.6) is 11.5 Å². The number of aryl methyl sites for hydroxylation is 1. The highest BCUT2D eigenvalue weighted by Gasteiger charge is 2.18. The smallest absolute Gasteiger partial charge is 0.265 e. The molecule has 0 fully saturated rings. The molecule has 2 aromatic carbocycles. The van der Waals surface area contributed by atoms with Gasteiger partial charge in [0.1, 0.15) is 11.5 Å². The molecular weight excluding hydrogens is 290 g/mol. The Kier molecular flexibility index (Phi) is 6.03. The van der Waals surface area contributed by atoms with Crippen LogP contribution in [0.25, 0.3) is 0 Å². The van der Waals surface area contributed by atoms with E-state index in [1.54, 1.807) is 13.2 Å². The van der Waals surface area contributed by atoms with Crippen LogP contribution in [0.2, 0.25) is 0 Å². The minimum absolute atomic E-state index is 0.166. The number of nitrogens with one attached hydrogen (secondary N) is 1. The predicted octanol–water partition coefficient (Wildman–Crippen LogP) is 4.05. The van der Waals surface area contributed by atoms with Gasteiger partial charge in [-0.3, -0.25) is 4.79 Å². The molecule has 1 N–H and O–H groups in total. The van der Waals surface area contributed by atoms with E-state index in [2.05, 4.69) is 12.2 Å². The zero-order chi connectivity index (χ0) is 16.7. The minimum atomic E-state index is -0.534. The average Bonchev–Trinajstić information content (AvgIpc) is 2.60. The standard InChI is InChI=1S/C19H23NO3/c1-4-14-9-11-16(12-10-14)23-18(5-2)19(21)20-15-7-6-8-17(13-15)22-3/h6-13,18H,4-5H2,1-3H3,(H,20,21)/t18-/m1/s1. The number of methoxy groups -OCH3 is 1. The summed E-state index contributed by atoms with van der Waals surface area (Å²) in [6, 6.07) is 15.1. The Morgan fingerprint density at radius 1 is 1.09 bits per heavy atom. The highest BCUT2D eigenvalue weighted by atomic mass is 16.5. The summed E-state index contributed by atoms with van der Waals surface area (Å²) < 4.78 is 11.0. The molecule has 4 heteroatoms. The van der Waals surface area contributed by atoms with Crippen molar-refractivity contribution >= 4 is 11.6 Å². The lowest BCUT2D eigenvalue weighted by Gasteiger charge is -2.17. The van der Waals surface area contributed by atoms with E-state index in [0.717, 1.165) is 6.42 Å². The highest BCUT2D eigenvalue weighted by molar-refractivity contribution is 5.94. The number of ether oxygens (including phenoxy) is 2. The molecule has 1 amide bonds. The van der Waals surface area contributed by atoms with Crippen LogP contribution in [0.3, 0.4) is 0 Å². The molecule has 0 aliphatic rings. The molecule has 0 aliphatic heterocycles. The van der Waals surface area contributed by atoms with Gasteiger partial charge in [-0.15, -0.1) is 0 Å². The molecule has 0 saturated heterocycles. The number of hydrogen-bond acceptors (Lipinski definition) is 3. The third-order valence-corrected chi connectivity index (χ3v) is 3.61. The second-order valence-electron chi connectivity index (χ2n) is 5.23. The molecule has 0 spiro atoms. The number of anilines is 1. The normalized spacial score (nSPS) is 11.6. The molecule has 1 atom stereocenters. The van der Waals surface area contributed by atoms with Gasteiger partial charge >= 0.3 is 0 Å². The number of amides is 1. The van der Waals surface area contributed by atoms with Gasteiger partial charge < -0.3 is 14.8 Å².